The van der Waals surface area contributed by atoms with Gasteiger partial charge in [-0.3, -0.25) is 9.79 Å². The molecule has 116 valence electrons. The van der Waals surface area contributed by atoms with E-state index in [4.69, 9.17) is 10.7 Å². The van der Waals surface area contributed by atoms with Crippen LogP contribution in [0, 0.1) is 0 Å². The normalized spacial score (nSPS) is 16.9. The third kappa shape index (κ3) is 3.27. The molecule has 1 aromatic carbocycles. The molecule has 3 rings (SSSR count). The van der Waals surface area contributed by atoms with Crippen molar-refractivity contribution in [3.63, 3.8) is 0 Å². The SMILES string of the molecule is Cn1nc(-c2ccc(C(N)=O)cc2)s/c1=N/C1CCCCC1. The summed E-state index contributed by atoms with van der Waals surface area (Å²) in [7, 11) is 1.93. The Hall–Kier alpha value is -1.95. The highest BCUT2D eigenvalue weighted by atomic mass is 32.1. The van der Waals surface area contributed by atoms with E-state index in [2.05, 4.69) is 5.10 Å². The third-order valence-corrected chi connectivity index (χ3v) is 5.05. The Morgan fingerprint density at radius 3 is 2.59 bits per heavy atom. The van der Waals surface area contributed by atoms with Crippen LogP contribution in [0.25, 0.3) is 10.6 Å². The summed E-state index contributed by atoms with van der Waals surface area (Å²) in [6.45, 7) is 0. The Balaban J connectivity index is 1.88. The molecular weight excluding hydrogens is 296 g/mol. The molecule has 0 radical (unpaired) electrons. The topological polar surface area (TPSA) is 73.3 Å². The zero-order valence-electron chi connectivity index (χ0n) is 12.7. The summed E-state index contributed by atoms with van der Waals surface area (Å²) in [6.07, 6.45) is 6.25. The number of aromatic nitrogens is 2. The number of rotatable bonds is 3. The van der Waals surface area contributed by atoms with Crippen LogP contribution in [0.1, 0.15) is 42.5 Å². The third-order valence-electron chi connectivity index (χ3n) is 3.99. The van der Waals surface area contributed by atoms with Gasteiger partial charge in [-0.25, -0.2) is 4.68 Å². The maximum Gasteiger partial charge on any atom is 0.248 e. The molecule has 2 N–H and O–H groups in total. The lowest BCUT2D eigenvalue weighted by Gasteiger charge is -2.16. The number of hydrogen-bond acceptors (Lipinski definition) is 4. The molecular formula is C16H20N4OS. The molecule has 5 nitrogen and oxygen atoms in total. The summed E-state index contributed by atoms with van der Waals surface area (Å²) in [5.41, 5.74) is 6.76. The fourth-order valence-corrected chi connectivity index (χ4v) is 3.69. The fourth-order valence-electron chi connectivity index (χ4n) is 2.72. The van der Waals surface area contributed by atoms with Gasteiger partial charge in [0.25, 0.3) is 0 Å². The average Bonchev–Trinajstić information content (AvgIpc) is 2.89. The minimum atomic E-state index is -0.413. The van der Waals surface area contributed by atoms with Gasteiger partial charge in [0.1, 0.15) is 5.01 Å². The second-order valence-corrected chi connectivity index (χ2v) is 6.63. The standard InChI is InChI=1S/C16H20N4OS/c1-20-16(18-13-5-3-2-4-6-13)22-15(19-20)12-9-7-11(8-10-12)14(17)21/h7-10,13H,2-6H2,1H3,(H2,17,21)/b18-16+. The van der Waals surface area contributed by atoms with E-state index in [1.54, 1.807) is 23.5 Å². The summed E-state index contributed by atoms with van der Waals surface area (Å²) < 4.78 is 1.84. The van der Waals surface area contributed by atoms with Gasteiger partial charge >= 0.3 is 0 Å². The maximum atomic E-state index is 11.1. The van der Waals surface area contributed by atoms with Crippen molar-refractivity contribution in [3.8, 4) is 10.6 Å². The van der Waals surface area contributed by atoms with Gasteiger partial charge in [-0.15, -0.1) is 0 Å². The first-order chi connectivity index (χ1) is 10.6. The number of carbonyl (C=O) groups excluding carboxylic acids is 1. The molecule has 1 aliphatic rings. The van der Waals surface area contributed by atoms with Crippen molar-refractivity contribution in [1.82, 2.24) is 9.78 Å². The molecule has 1 aromatic heterocycles. The van der Waals surface area contributed by atoms with Crippen LogP contribution in [0.2, 0.25) is 0 Å². The van der Waals surface area contributed by atoms with E-state index in [0.717, 1.165) is 15.4 Å². The number of amides is 1. The molecule has 1 aliphatic carbocycles. The van der Waals surface area contributed by atoms with Crippen molar-refractivity contribution in [2.75, 3.05) is 0 Å². The van der Waals surface area contributed by atoms with Gasteiger partial charge in [0, 0.05) is 18.2 Å². The largest absolute Gasteiger partial charge is 0.366 e. The van der Waals surface area contributed by atoms with Gasteiger partial charge in [-0.2, -0.15) is 5.10 Å². The Morgan fingerprint density at radius 1 is 1.27 bits per heavy atom. The average molecular weight is 316 g/mol. The van der Waals surface area contributed by atoms with E-state index >= 15 is 0 Å². The number of nitrogens with two attached hydrogens (primary N) is 1. The molecule has 6 heteroatoms. The zero-order chi connectivity index (χ0) is 15.5. The number of benzene rings is 1. The first kappa shape index (κ1) is 15.0. The molecule has 0 bridgehead atoms. The van der Waals surface area contributed by atoms with Crippen LogP contribution in [0.15, 0.2) is 29.3 Å². The molecule has 0 atom stereocenters. The minimum Gasteiger partial charge on any atom is -0.366 e. The Kier molecular flexibility index (Phi) is 4.38. The van der Waals surface area contributed by atoms with Crippen molar-refractivity contribution >= 4 is 17.2 Å². The maximum absolute atomic E-state index is 11.1. The Morgan fingerprint density at radius 2 is 1.95 bits per heavy atom. The number of hydrogen-bond donors (Lipinski definition) is 1. The number of primary amides is 1. The Bertz CT molecular complexity index is 723. The van der Waals surface area contributed by atoms with Gasteiger partial charge in [0.2, 0.25) is 10.7 Å². The lowest BCUT2D eigenvalue weighted by molar-refractivity contribution is 0.100. The van der Waals surface area contributed by atoms with Crippen molar-refractivity contribution < 1.29 is 4.79 Å². The minimum absolute atomic E-state index is 0.413. The monoisotopic (exact) mass is 316 g/mol. The fraction of sp³-hybridized carbons (Fsp3) is 0.438. The highest BCUT2D eigenvalue weighted by molar-refractivity contribution is 7.12. The number of nitrogens with zero attached hydrogens (tertiary/aromatic N) is 3. The zero-order valence-corrected chi connectivity index (χ0v) is 13.5. The molecule has 1 amide bonds. The van der Waals surface area contributed by atoms with E-state index in [-0.39, 0.29) is 0 Å². The van der Waals surface area contributed by atoms with Gasteiger partial charge < -0.3 is 5.73 Å². The van der Waals surface area contributed by atoms with E-state index in [9.17, 15) is 4.79 Å². The molecule has 2 aromatic rings. The van der Waals surface area contributed by atoms with Crippen molar-refractivity contribution in [3.05, 3.63) is 34.6 Å². The smallest absolute Gasteiger partial charge is 0.248 e. The van der Waals surface area contributed by atoms with Crippen LogP contribution in [0.4, 0.5) is 0 Å². The molecule has 0 spiro atoms. The van der Waals surface area contributed by atoms with Gasteiger partial charge in [-0.05, 0) is 25.0 Å². The summed E-state index contributed by atoms with van der Waals surface area (Å²) in [5, 5.41) is 5.46. The Labute approximate surface area is 133 Å². The van der Waals surface area contributed by atoms with Crippen LogP contribution in [-0.4, -0.2) is 21.7 Å². The summed E-state index contributed by atoms with van der Waals surface area (Å²) in [6, 6.07) is 7.66. The molecule has 1 heterocycles. The van der Waals surface area contributed by atoms with E-state index in [1.165, 1.54) is 32.1 Å². The van der Waals surface area contributed by atoms with Crippen LogP contribution in [0.5, 0.6) is 0 Å². The first-order valence-corrected chi connectivity index (χ1v) is 8.43. The van der Waals surface area contributed by atoms with E-state index in [1.807, 2.05) is 23.9 Å². The van der Waals surface area contributed by atoms with Gasteiger partial charge in [0.05, 0.1) is 6.04 Å². The summed E-state index contributed by atoms with van der Waals surface area (Å²) >= 11 is 1.59. The summed E-state index contributed by atoms with van der Waals surface area (Å²) in [4.78, 5) is 16.9. The molecule has 1 saturated carbocycles. The van der Waals surface area contributed by atoms with Crippen LogP contribution in [-0.2, 0) is 7.05 Å². The number of aryl methyl sites for hydroxylation is 1. The quantitative estimate of drug-likeness (QED) is 0.944. The van der Waals surface area contributed by atoms with Crippen LogP contribution < -0.4 is 10.5 Å². The molecule has 1 fully saturated rings. The highest BCUT2D eigenvalue weighted by Gasteiger charge is 2.13. The van der Waals surface area contributed by atoms with E-state index < -0.39 is 5.91 Å². The molecule has 0 unspecified atom stereocenters. The second kappa shape index (κ2) is 6.44. The van der Waals surface area contributed by atoms with Crippen molar-refractivity contribution in [2.45, 2.75) is 38.1 Å². The number of carbonyl (C=O) groups is 1. The van der Waals surface area contributed by atoms with Crippen LogP contribution >= 0.6 is 11.3 Å². The molecule has 22 heavy (non-hydrogen) atoms. The van der Waals surface area contributed by atoms with Gasteiger partial charge in [-0.1, -0.05) is 42.7 Å². The lowest BCUT2D eigenvalue weighted by atomic mass is 9.96. The van der Waals surface area contributed by atoms with Gasteiger partial charge in [0.15, 0.2) is 0 Å². The second-order valence-electron chi connectivity index (χ2n) is 5.68. The van der Waals surface area contributed by atoms with Crippen molar-refractivity contribution in [2.24, 2.45) is 17.8 Å². The molecule has 0 aliphatic heterocycles. The predicted molar refractivity (Wildman–Crippen MR) is 87.5 cm³/mol. The predicted octanol–water partition coefficient (Wildman–Crippen LogP) is 2.48. The molecule has 0 saturated heterocycles. The summed E-state index contributed by atoms with van der Waals surface area (Å²) in [5.74, 6) is -0.413. The van der Waals surface area contributed by atoms with Crippen molar-refractivity contribution in [1.29, 1.82) is 0 Å². The first-order valence-electron chi connectivity index (χ1n) is 7.62. The lowest BCUT2D eigenvalue weighted by Crippen LogP contribution is -2.18. The van der Waals surface area contributed by atoms with Crippen LogP contribution in [0.3, 0.4) is 0 Å². The highest BCUT2D eigenvalue weighted by Crippen LogP contribution is 2.22. The van der Waals surface area contributed by atoms with E-state index in [0.29, 0.717) is 11.6 Å².